The smallest absolute Gasteiger partial charge is 0.318 e. The second kappa shape index (κ2) is 8.52. The van der Waals surface area contributed by atoms with E-state index in [1.807, 2.05) is 16.7 Å². The Balaban J connectivity index is 1.48. The Hall–Kier alpha value is -2.42. The quantitative estimate of drug-likeness (QED) is 0.711. The third-order valence-corrected chi connectivity index (χ3v) is 5.89. The van der Waals surface area contributed by atoms with E-state index < -0.39 is 6.04 Å². The van der Waals surface area contributed by atoms with E-state index in [0.717, 1.165) is 38.8 Å². The molecule has 1 unspecified atom stereocenters. The Morgan fingerprint density at radius 3 is 2.76 bits per heavy atom. The zero-order chi connectivity index (χ0) is 20.4. The summed E-state index contributed by atoms with van der Waals surface area (Å²) in [6.45, 7) is 8.49. The maximum absolute atomic E-state index is 12.8. The van der Waals surface area contributed by atoms with E-state index in [1.165, 1.54) is 0 Å². The van der Waals surface area contributed by atoms with Crippen molar-refractivity contribution >= 4 is 23.3 Å². The number of carbonyl (C=O) groups is 2. The highest BCUT2D eigenvalue weighted by Crippen LogP contribution is 2.35. The fourth-order valence-corrected chi connectivity index (χ4v) is 4.19. The first-order chi connectivity index (χ1) is 14.1. The highest BCUT2D eigenvalue weighted by atomic mass is 16.5. The Morgan fingerprint density at radius 1 is 1.21 bits per heavy atom. The monoisotopic (exact) mass is 402 g/mol. The Kier molecular flexibility index (Phi) is 5.84. The van der Waals surface area contributed by atoms with Crippen molar-refractivity contribution in [3.05, 3.63) is 5.69 Å². The molecule has 0 spiro atoms. The number of amides is 2. The molecule has 4 rings (SSSR count). The number of nitrogens with one attached hydrogen (secondary N) is 1. The lowest BCUT2D eigenvalue weighted by Gasteiger charge is -2.44. The van der Waals surface area contributed by atoms with Gasteiger partial charge in [0.1, 0.15) is 11.7 Å². The molecule has 0 aromatic carbocycles. The van der Waals surface area contributed by atoms with E-state index in [4.69, 9.17) is 4.74 Å². The highest BCUT2D eigenvalue weighted by Gasteiger charge is 2.40. The van der Waals surface area contributed by atoms with E-state index >= 15 is 0 Å². The number of anilines is 2. The molecule has 2 saturated heterocycles. The van der Waals surface area contributed by atoms with Crippen LogP contribution in [-0.4, -0.2) is 83.5 Å². The highest BCUT2D eigenvalue weighted by molar-refractivity contribution is 6.04. The fraction of sp³-hybridized carbons (Fsp3) is 0.700. The summed E-state index contributed by atoms with van der Waals surface area (Å²) in [6, 6.07) is -0.0892. The molecule has 3 aliphatic rings. The lowest BCUT2D eigenvalue weighted by Crippen LogP contribution is -2.62. The summed E-state index contributed by atoms with van der Waals surface area (Å²) < 4.78 is 5.70. The largest absolute Gasteiger partial charge is 0.463 e. The maximum Gasteiger partial charge on any atom is 0.318 e. The van der Waals surface area contributed by atoms with Crippen LogP contribution in [0.15, 0.2) is 0 Å². The van der Waals surface area contributed by atoms with Gasteiger partial charge in [-0.05, 0) is 39.3 Å². The fourth-order valence-electron chi connectivity index (χ4n) is 4.19. The number of hydrogen-bond acceptors (Lipinski definition) is 7. The molecule has 0 bridgehead atoms. The van der Waals surface area contributed by atoms with Crippen LogP contribution in [0.2, 0.25) is 0 Å². The molecule has 9 heteroatoms. The number of hydrogen-bond donors (Lipinski definition) is 1. The number of fused-ring (bicyclic) bond motifs is 3. The molecule has 2 amide bonds. The molecular weight excluding hydrogens is 372 g/mol. The normalized spacial score (nSPS) is 21.6. The van der Waals surface area contributed by atoms with E-state index in [1.54, 1.807) is 0 Å². The van der Waals surface area contributed by atoms with Crippen molar-refractivity contribution in [2.24, 2.45) is 0 Å². The van der Waals surface area contributed by atoms with Crippen LogP contribution >= 0.6 is 0 Å². The molecule has 2 fully saturated rings. The van der Waals surface area contributed by atoms with Crippen LogP contribution in [-0.2, 0) is 9.59 Å². The van der Waals surface area contributed by atoms with Gasteiger partial charge >= 0.3 is 6.01 Å². The zero-order valence-corrected chi connectivity index (χ0v) is 17.3. The van der Waals surface area contributed by atoms with Crippen LogP contribution in [0.3, 0.4) is 0 Å². The molecule has 29 heavy (non-hydrogen) atoms. The van der Waals surface area contributed by atoms with Gasteiger partial charge in [-0.1, -0.05) is 13.3 Å². The van der Waals surface area contributed by atoms with Gasteiger partial charge < -0.3 is 19.9 Å². The molecule has 3 aliphatic heterocycles. The standard InChI is InChI=1S/C20H30N6O3/c1-3-4-11-29-20-21-14(2)17-18(23-20)26-10-9-25(12-15(26)19(28)22-17)16(27)13-24-7-5-6-8-24/h15H,3-13H2,1-2H3,(H,22,28). The number of piperazine rings is 1. The number of nitrogens with zero attached hydrogens (tertiary/aromatic N) is 5. The summed E-state index contributed by atoms with van der Waals surface area (Å²) in [4.78, 5) is 40.5. The molecular formula is C20H30N6O3. The number of aromatic nitrogens is 2. The maximum atomic E-state index is 12.8. The van der Waals surface area contributed by atoms with Crippen molar-refractivity contribution < 1.29 is 14.3 Å². The second-order valence-corrected chi connectivity index (χ2v) is 8.01. The molecule has 4 heterocycles. The first-order valence-corrected chi connectivity index (χ1v) is 10.7. The van der Waals surface area contributed by atoms with Crippen molar-refractivity contribution in [3.8, 4) is 6.01 Å². The topological polar surface area (TPSA) is 90.9 Å². The van der Waals surface area contributed by atoms with E-state index in [0.29, 0.717) is 56.0 Å². The van der Waals surface area contributed by atoms with Gasteiger partial charge in [0.25, 0.3) is 0 Å². The van der Waals surface area contributed by atoms with Crippen LogP contribution in [0.25, 0.3) is 0 Å². The minimum absolute atomic E-state index is 0.104. The van der Waals surface area contributed by atoms with Crippen LogP contribution in [0, 0.1) is 6.92 Å². The predicted octanol–water partition coefficient (Wildman–Crippen LogP) is 1.03. The lowest BCUT2D eigenvalue weighted by atomic mass is 10.1. The Labute approximate surface area is 171 Å². The SMILES string of the molecule is CCCCOc1nc(C)c2c(n1)N1CCN(C(=O)CN3CCCC3)CC1C(=O)N2. The average molecular weight is 402 g/mol. The molecule has 9 nitrogen and oxygen atoms in total. The van der Waals surface area contributed by atoms with Gasteiger partial charge in [-0.25, -0.2) is 0 Å². The van der Waals surface area contributed by atoms with E-state index in [9.17, 15) is 9.59 Å². The minimum Gasteiger partial charge on any atom is -0.463 e. The van der Waals surface area contributed by atoms with Crippen LogP contribution in [0.4, 0.5) is 11.5 Å². The van der Waals surface area contributed by atoms with E-state index in [2.05, 4.69) is 27.1 Å². The van der Waals surface area contributed by atoms with Crippen molar-refractivity contribution in [2.75, 3.05) is 56.1 Å². The van der Waals surface area contributed by atoms with Gasteiger partial charge in [0.2, 0.25) is 11.8 Å². The van der Waals surface area contributed by atoms with Gasteiger partial charge in [0.15, 0.2) is 5.82 Å². The number of aryl methyl sites for hydroxylation is 1. The zero-order valence-electron chi connectivity index (χ0n) is 17.3. The number of unbranched alkanes of at least 4 members (excludes halogenated alkanes) is 1. The number of ether oxygens (including phenoxy) is 1. The minimum atomic E-state index is -0.434. The van der Waals surface area contributed by atoms with Crippen molar-refractivity contribution in [3.63, 3.8) is 0 Å². The van der Waals surface area contributed by atoms with Crippen molar-refractivity contribution in [2.45, 2.75) is 45.6 Å². The summed E-state index contributed by atoms with van der Waals surface area (Å²) >= 11 is 0. The molecule has 158 valence electrons. The molecule has 1 aromatic rings. The lowest BCUT2D eigenvalue weighted by molar-refractivity contribution is -0.133. The Morgan fingerprint density at radius 2 is 2.00 bits per heavy atom. The summed E-state index contributed by atoms with van der Waals surface area (Å²) in [5.41, 5.74) is 1.34. The molecule has 0 aliphatic carbocycles. The van der Waals surface area contributed by atoms with Crippen molar-refractivity contribution in [1.82, 2.24) is 19.8 Å². The number of carbonyl (C=O) groups excluding carboxylic acids is 2. The van der Waals surface area contributed by atoms with Crippen molar-refractivity contribution in [1.29, 1.82) is 0 Å². The number of likely N-dealkylation sites (tertiary alicyclic amines) is 1. The van der Waals surface area contributed by atoms with Crippen LogP contribution in [0.5, 0.6) is 6.01 Å². The summed E-state index contributed by atoms with van der Waals surface area (Å²) in [7, 11) is 0. The van der Waals surface area contributed by atoms with Gasteiger partial charge in [-0.15, -0.1) is 0 Å². The number of rotatable bonds is 6. The third-order valence-electron chi connectivity index (χ3n) is 5.89. The predicted molar refractivity (Wildman–Crippen MR) is 109 cm³/mol. The second-order valence-electron chi connectivity index (χ2n) is 8.01. The third kappa shape index (κ3) is 4.14. The van der Waals surface area contributed by atoms with Gasteiger partial charge in [-0.2, -0.15) is 9.97 Å². The van der Waals surface area contributed by atoms with E-state index in [-0.39, 0.29) is 11.8 Å². The first-order valence-electron chi connectivity index (χ1n) is 10.7. The average Bonchev–Trinajstić information content (AvgIpc) is 3.22. The molecule has 1 atom stereocenters. The van der Waals surface area contributed by atoms with Crippen LogP contribution in [0.1, 0.15) is 38.3 Å². The van der Waals surface area contributed by atoms with Gasteiger partial charge in [0.05, 0.1) is 25.4 Å². The molecule has 1 aromatic heterocycles. The first kappa shape index (κ1) is 19.9. The van der Waals surface area contributed by atoms with Gasteiger partial charge in [0, 0.05) is 13.1 Å². The summed E-state index contributed by atoms with van der Waals surface area (Å²) in [5.74, 6) is 0.690. The molecule has 1 N–H and O–H groups in total. The Bertz CT molecular complexity index is 780. The summed E-state index contributed by atoms with van der Waals surface area (Å²) in [5, 5.41) is 2.94. The summed E-state index contributed by atoms with van der Waals surface area (Å²) in [6.07, 6.45) is 4.29. The van der Waals surface area contributed by atoms with Crippen LogP contribution < -0.4 is 15.0 Å². The van der Waals surface area contributed by atoms with Gasteiger partial charge in [-0.3, -0.25) is 14.5 Å². The molecule has 0 saturated carbocycles. The molecule has 0 radical (unpaired) electrons.